The molecule has 164 valence electrons. The third kappa shape index (κ3) is 6.08. The summed E-state index contributed by atoms with van der Waals surface area (Å²) >= 11 is 1.25. The number of methoxy groups -OCH3 is 1. The number of carbonyl (C=O) groups is 2. The smallest absolute Gasteiger partial charge is 0.293 e. The maximum Gasteiger partial charge on any atom is 0.293 e. The molecule has 2 aromatic heterocycles. The maximum atomic E-state index is 12.5. The van der Waals surface area contributed by atoms with E-state index in [2.05, 4.69) is 15.6 Å². The fourth-order valence-electron chi connectivity index (χ4n) is 2.84. The van der Waals surface area contributed by atoms with Crippen LogP contribution in [0.3, 0.4) is 0 Å². The van der Waals surface area contributed by atoms with E-state index >= 15 is 0 Å². The topological polar surface area (TPSA) is 103 Å². The van der Waals surface area contributed by atoms with E-state index in [1.165, 1.54) is 17.6 Å². The van der Waals surface area contributed by atoms with Gasteiger partial charge in [-0.05, 0) is 43.2 Å². The van der Waals surface area contributed by atoms with Crippen molar-refractivity contribution in [1.82, 2.24) is 10.3 Å². The third-order valence-corrected chi connectivity index (χ3v) is 5.19. The van der Waals surface area contributed by atoms with Crippen LogP contribution in [0.4, 0.5) is 5.13 Å². The highest BCUT2D eigenvalue weighted by atomic mass is 32.1. The first-order valence-corrected chi connectivity index (χ1v) is 10.8. The van der Waals surface area contributed by atoms with E-state index in [-0.39, 0.29) is 30.0 Å². The molecule has 0 bridgehead atoms. The predicted molar refractivity (Wildman–Crippen MR) is 118 cm³/mol. The van der Waals surface area contributed by atoms with Crippen molar-refractivity contribution in [3.05, 3.63) is 59.0 Å². The van der Waals surface area contributed by atoms with Gasteiger partial charge in [-0.25, -0.2) is 4.98 Å². The number of thiazole rings is 1. The fourth-order valence-corrected chi connectivity index (χ4v) is 3.54. The van der Waals surface area contributed by atoms with Gasteiger partial charge >= 0.3 is 0 Å². The van der Waals surface area contributed by atoms with Crippen molar-refractivity contribution in [2.45, 2.75) is 32.7 Å². The summed E-state index contributed by atoms with van der Waals surface area (Å²) in [5, 5.41) is 7.76. The number of furan rings is 1. The van der Waals surface area contributed by atoms with Crippen LogP contribution in [0.25, 0.3) is 0 Å². The fraction of sp³-hybridized carbons (Fsp3) is 0.318. The van der Waals surface area contributed by atoms with Crippen LogP contribution in [0.15, 0.2) is 46.4 Å². The molecule has 0 aliphatic heterocycles. The van der Waals surface area contributed by atoms with Gasteiger partial charge in [0.1, 0.15) is 0 Å². The van der Waals surface area contributed by atoms with E-state index in [1.807, 2.05) is 32.0 Å². The summed E-state index contributed by atoms with van der Waals surface area (Å²) in [6.45, 7) is 4.55. The molecule has 0 aliphatic rings. The molecular formula is C22H25N3O5S. The summed E-state index contributed by atoms with van der Waals surface area (Å²) in [7, 11) is 1.59. The van der Waals surface area contributed by atoms with Crippen molar-refractivity contribution < 1.29 is 23.5 Å². The van der Waals surface area contributed by atoms with Crippen molar-refractivity contribution in [2.75, 3.05) is 19.0 Å². The average Bonchev–Trinajstić information content (AvgIpc) is 3.44. The lowest BCUT2D eigenvalue weighted by Crippen LogP contribution is -2.28. The maximum absolute atomic E-state index is 12.5. The molecule has 3 aromatic rings. The van der Waals surface area contributed by atoms with E-state index in [1.54, 1.807) is 24.6 Å². The largest absolute Gasteiger partial charge is 0.493 e. The number of amides is 2. The van der Waals surface area contributed by atoms with Crippen molar-refractivity contribution in [1.29, 1.82) is 0 Å². The van der Waals surface area contributed by atoms with Gasteiger partial charge in [-0.1, -0.05) is 13.0 Å². The van der Waals surface area contributed by atoms with E-state index in [4.69, 9.17) is 13.9 Å². The molecule has 2 N–H and O–H groups in total. The van der Waals surface area contributed by atoms with Crippen LogP contribution in [0.5, 0.6) is 11.5 Å². The van der Waals surface area contributed by atoms with Gasteiger partial charge in [0.25, 0.3) is 5.91 Å². The van der Waals surface area contributed by atoms with Gasteiger partial charge in [0.05, 0.1) is 38.1 Å². The van der Waals surface area contributed by atoms with Gasteiger partial charge in [0, 0.05) is 5.38 Å². The second kappa shape index (κ2) is 10.6. The van der Waals surface area contributed by atoms with Crippen molar-refractivity contribution in [2.24, 2.45) is 0 Å². The molecular weight excluding hydrogens is 418 g/mol. The SMILES string of the molecule is CCCOc1ccc(C(C)NC(=O)Cc2csc(NC(=O)c3ccco3)n2)cc1OC. The lowest BCUT2D eigenvalue weighted by molar-refractivity contribution is -0.121. The quantitative estimate of drug-likeness (QED) is 0.487. The lowest BCUT2D eigenvalue weighted by atomic mass is 10.1. The first kappa shape index (κ1) is 22.4. The summed E-state index contributed by atoms with van der Waals surface area (Å²) < 4.78 is 16.1. The van der Waals surface area contributed by atoms with Crippen LogP contribution in [0, 0.1) is 0 Å². The Balaban J connectivity index is 1.56. The Morgan fingerprint density at radius 1 is 1.26 bits per heavy atom. The molecule has 9 heteroatoms. The molecule has 31 heavy (non-hydrogen) atoms. The molecule has 1 unspecified atom stereocenters. The minimum Gasteiger partial charge on any atom is -0.493 e. The number of hydrogen-bond acceptors (Lipinski definition) is 7. The molecule has 2 amide bonds. The standard InChI is InChI=1S/C22H25N3O5S/c1-4-9-29-17-8-7-15(11-19(17)28-3)14(2)23-20(26)12-16-13-31-22(24-16)25-21(27)18-6-5-10-30-18/h5-8,10-11,13-14H,4,9,12H2,1-3H3,(H,23,26)(H,24,25,27). The highest BCUT2D eigenvalue weighted by Gasteiger charge is 2.16. The molecule has 0 saturated carbocycles. The van der Waals surface area contributed by atoms with Gasteiger partial charge < -0.3 is 19.2 Å². The Labute approximate surface area is 184 Å². The number of benzene rings is 1. The minimum atomic E-state index is -0.385. The van der Waals surface area contributed by atoms with E-state index in [9.17, 15) is 9.59 Å². The van der Waals surface area contributed by atoms with Crippen LogP contribution in [0.2, 0.25) is 0 Å². The van der Waals surface area contributed by atoms with Crippen LogP contribution in [-0.4, -0.2) is 30.5 Å². The lowest BCUT2D eigenvalue weighted by Gasteiger charge is -2.17. The Morgan fingerprint density at radius 3 is 2.81 bits per heavy atom. The highest BCUT2D eigenvalue weighted by molar-refractivity contribution is 7.14. The monoisotopic (exact) mass is 443 g/mol. The molecule has 1 atom stereocenters. The Hall–Kier alpha value is -3.33. The molecule has 0 saturated heterocycles. The van der Waals surface area contributed by atoms with Gasteiger partial charge in [0.2, 0.25) is 5.91 Å². The number of ether oxygens (including phenoxy) is 2. The summed E-state index contributed by atoms with van der Waals surface area (Å²) in [6.07, 6.45) is 2.43. The van der Waals surface area contributed by atoms with Crippen molar-refractivity contribution in [3.63, 3.8) is 0 Å². The first-order chi connectivity index (χ1) is 15.0. The zero-order valence-electron chi connectivity index (χ0n) is 17.6. The molecule has 0 radical (unpaired) electrons. The van der Waals surface area contributed by atoms with Gasteiger partial charge in [-0.3, -0.25) is 14.9 Å². The number of hydrogen-bond donors (Lipinski definition) is 2. The second-order valence-corrected chi connectivity index (χ2v) is 7.66. The van der Waals surface area contributed by atoms with E-state index in [0.29, 0.717) is 28.9 Å². The highest BCUT2D eigenvalue weighted by Crippen LogP contribution is 2.30. The molecule has 1 aromatic carbocycles. The summed E-state index contributed by atoms with van der Waals surface area (Å²) in [4.78, 5) is 28.8. The van der Waals surface area contributed by atoms with Gasteiger partial charge in [0.15, 0.2) is 22.4 Å². The molecule has 0 aliphatic carbocycles. The van der Waals surface area contributed by atoms with Crippen LogP contribution < -0.4 is 20.1 Å². The molecule has 0 spiro atoms. The van der Waals surface area contributed by atoms with Gasteiger partial charge in [-0.2, -0.15) is 0 Å². The zero-order valence-corrected chi connectivity index (χ0v) is 18.5. The Kier molecular flexibility index (Phi) is 7.66. The van der Waals surface area contributed by atoms with Crippen LogP contribution in [-0.2, 0) is 11.2 Å². The number of nitrogens with zero attached hydrogens (tertiary/aromatic N) is 1. The summed E-state index contributed by atoms with van der Waals surface area (Å²) in [5.74, 6) is 0.947. The molecule has 0 fully saturated rings. The third-order valence-electron chi connectivity index (χ3n) is 4.39. The Morgan fingerprint density at radius 2 is 2.10 bits per heavy atom. The first-order valence-electron chi connectivity index (χ1n) is 9.89. The normalized spacial score (nSPS) is 11.6. The zero-order chi connectivity index (χ0) is 22.2. The van der Waals surface area contributed by atoms with Crippen molar-refractivity contribution >= 4 is 28.3 Å². The minimum absolute atomic E-state index is 0.103. The van der Waals surface area contributed by atoms with E-state index in [0.717, 1.165) is 12.0 Å². The van der Waals surface area contributed by atoms with Crippen LogP contribution >= 0.6 is 11.3 Å². The molecule has 8 nitrogen and oxygen atoms in total. The molecule has 3 rings (SSSR count). The number of rotatable bonds is 10. The second-order valence-electron chi connectivity index (χ2n) is 6.80. The number of carbonyl (C=O) groups excluding carboxylic acids is 2. The average molecular weight is 444 g/mol. The number of aromatic nitrogens is 1. The van der Waals surface area contributed by atoms with Gasteiger partial charge in [-0.15, -0.1) is 11.3 Å². The number of anilines is 1. The summed E-state index contributed by atoms with van der Waals surface area (Å²) in [5.41, 5.74) is 1.48. The molecule has 2 heterocycles. The predicted octanol–water partition coefficient (Wildman–Crippen LogP) is 4.21. The Bertz CT molecular complexity index is 1020. The van der Waals surface area contributed by atoms with E-state index < -0.39 is 0 Å². The summed E-state index contributed by atoms with van der Waals surface area (Å²) in [6, 6.07) is 8.59. The van der Waals surface area contributed by atoms with Crippen LogP contribution in [0.1, 0.15) is 48.1 Å². The van der Waals surface area contributed by atoms with Crippen molar-refractivity contribution in [3.8, 4) is 11.5 Å². The number of nitrogens with one attached hydrogen (secondary N) is 2.